The zero-order valence-electron chi connectivity index (χ0n) is 18.5. The quantitative estimate of drug-likeness (QED) is 0.463. The van der Waals surface area contributed by atoms with E-state index >= 15 is 0 Å². The van der Waals surface area contributed by atoms with Gasteiger partial charge >= 0.3 is 5.97 Å². The summed E-state index contributed by atoms with van der Waals surface area (Å²) in [6.07, 6.45) is -1.12. The van der Waals surface area contributed by atoms with Gasteiger partial charge in [-0.3, -0.25) is 4.79 Å². The Morgan fingerprint density at radius 2 is 1.70 bits per heavy atom. The fourth-order valence-electron chi connectivity index (χ4n) is 3.38. The molecule has 0 aliphatic heterocycles. The molecule has 3 rings (SSSR count). The molecular formula is C24H25ClN2O5S. The van der Waals surface area contributed by atoms with Gasteiger partial charge in [0.2, 0.25) is 10.0 Å². The van der Waals surface area contributed by atoms with Crippen LogP contribution in [0.2, 0.25) is 5.02 Å². The summed E-state index contributed by atoms with van der Waals surface area (Å²) in [7, 11) is -3.88. The molecule has 33 heavy (non-hydrogen) atoms. The minimum Gasteiger partial charge on any atom is -0.449 e. The molecule has 3 aromatic rings. The largest absolute Gasteiger partial charge is 0.449 e. The van der Waals surface area contributed by atoms with E-state index in [9.17, 15) is 18.0 Å². The van der Waals surface area contributed by atoms with Crippen LogP contribution in [0.1, 0.15) is 31.1 Å². The maximum atomic E-state index is 12.9. The first kappa shape index (κ1) is 24.7. The van der Waals surface area contributed by atoms with E-state index in [2.05, 4.69) is 5.32 Å². The Morgan fingerprint density at radius 3 is 2.39 bits per heavy atom. The van der Waals surface area contributed by atoms with Gasteiger partial charge in [0.15, 0.2) is 6.10 Å². The van der Waals surface area contributed by atoms with E-state index in [1.54, 1.807) is 19.9 Å². The van der Waals surface area contributed by atoms with Crippen molar-refractivity contribution in [3.63, 3.8) is 0 Å². The first-order valence-corrected chi connectivity index (χ1v) is 12.3. The predicted octanol–water partition coefficient (Wildman–Crippen LogP) is 4.71. The van der Waals surface area contributed by atoms with Crippen LogP contribution in [0.3, 0.4) is 0 Å². The van der Waals surface area contributed by atoms with Crippen LogP contribution in [0.25, 0.3) is 10.8 Å². The number of carbonyl (C=O) groups is 2. The SMILES string of the molecule is CCN(CC)S(=O)(=O)c1cc(C(=O)OC(C)C(=O)Nc2cccc3ccccc23)ccc1Cl. The maximum Gasteiger partial charge on any atom is 0.338 e. The van der Waals surface area contributed by atoms with Crippen LogP contribution in [0, 0.1) is 0 Å². The predicted molar refractivity (Wildman–Crippen MR) is 129 cm³/mol. The lowest BCUT2D eigenvalue weighted by atomic mass is 10.1. The zero-order valence-corrected chi connectivity index (χ0v) is 20.1. The standard InChI is InChI=1S/C24H25ClN2O5S/c1-4-27(5-2)33(30,31)22-15-18(13-14-20(22)25)24(29)32-16(3)23(28)26-21-12-8-10-17-9-6-7-11-19(17)21/h6-16H,4-5H2,1-3H3,(H,26,28). The number of esters is 1. The number of nitrogens with zero attached hydrogens (tertiary/aromatic N) is 1. The number of fused-ring (bicyclic) bond motifs is 1. The van der Waals surface area contributed by atoms with Crippen molar-refractivity contribution in [1.29, 1.82) is 0 Å². The molecule has 1 N–H and O–H groups in total. The van der Waals surface area contributed by atoms with Gasteiger partial charge in [-0.2, -0.15) is 4.31 Å². The average molecular weight is 489 g/mol. The zero-order chi connectivity index (χ0) is 24.2. The number of nitrogens with one attached hydrogen (secondary N) is 1. The number of halogens is 1. The highest BCUT2D eigenvalue weighted by Gasteiger charge is 2.27. The van der Waals surface area contributed by atoms with E-state index in [0.29, 0.717) is 5.69 Å². The second kappa shape index (κ2) is 10.3. The molecule has 0 saturated heterocycles. The average Bonchev–Trinajstić information content (AvgIpc) is 2.80. The number of ether oxygens (including phenoxy) is 1. The van der Waals surface area contributed by atoms with Crippen molar-refractivity contribution in [2.75, 3.05) is 18.4 Å². The molecular weight excluding hydrogens is 464 g/mol. The number of anilines is 1. The molecule has 174 valence electrons. The first-order chi connectivity index (χ1) is 15.7. The van der Waals surface area contributed by atoms with Crippen molar-refractivity contribution in [2.24, 2.45) is 0 Å². The maximum absolute atomic E-state index is 12.9. The Bertz CT molecular complexity index is 1280. The number of benzene rings is 3. The third-order valence-corrected chi connectivity index (χ3v) is 7.72. The van der Waals surface area contributed by atoms with Gasteiger partial charge in [-0.15, -0.1) is 0 Å². The van der Waals surface area contributed by atoms with Gasteiger partial charge < -0.3 is 10.1 Å². The van der Waals surface area contributed by atoms with E-state index in [0.717, 1.165) is 10.8 Å². The second-order valence-electron chi connectivity index (χ2n) is 7.30. The molecule has 0 heterocycles. The van der Waals surface area contributed by atoms with Crippen molar-refractivity contribution in [3.05, 3.63) is 71.2 Å². The number of carbonyl (C=O) groups excluding carboxylic acids is 2. The third kappa shape index (κ3) is 5.35. The van der Waals surface area contributed by atoms with Crippen LogP contribution < -0.4 is 5.32 Å². The molecule has 0 saturated carbocycles. The Morgan fingerprint density at radius 1 is 1.03 bits per heavy atom. The highest BCUT2D eigenvalue weighted by molar-refractivity contribution is 7.89. The summed E-state index contributed by atoms with van der Waals surface area (Å²) in [5.74, 6) is -1.34. The summed E-state index contributed by atoms with van der Waals surface area (Å²) in [6.45, 7) is 5.39. The Balaban J connectivity index is 1.77. The van der Waals surface area contributed by atoms with Crippen molar-refractivity contribution in [2.45, 2.75) is 31.8 Å². The molecule has 1 atom stereocenters. The summed E-state index contributed by atoms with van der Waals surface area (Å²) in [5, 5.41) is 4.60. The van der Waals surface area contributed by atoms with Crippen LogP contribution in [-0.2, 0) is 19.6 Å². The number of amides is 1. The van der Waals surface area contributed by atoms with Crippen LogP contribution in [0.5, 0.6) is 0 Å². The van der Waals surface area contributed by atoms with Gasteiger partial charge in [0.1, 0.15) is 4.90 Å². The Labute approximate surface area is 198 Å². The van der Waals surface area contributed by atoms with E-state index < -0.39 is 28.0 Å². The molecule has 0 aromatic heterocycles. The first-order valence-electron chi connectivity index (χ1n) is 10.5. The molecule has 1 unspecified atom stereocenters. The molecule has 0 spiro atoms. The van der Waals surface area contributed by atoms with Crippen LogP contribution in [0.4, 0.5) is 5.69 Å². The molecule has 1 amide bonds. The number of rotatable bonds is 8. The van der Waals surface area contributed by atoms with Gasteiger partial charge in [-0.1, -0.05) is 61.8 Å². The minimum absolute atomic E-state index is 0.000183. The molecule has 0 aliphatic rings. The summed E-state index contributed by atoms with van der Waals surface area (Å²) < 4.78 is 32.3. The fraction of sp³-hybridized carbons (Fsp3) is 0.250. The highest BCUT2D eigenvalue weighted by atomic mass is 35.5. The second-order valence-corrected chi connectivity index (χ2v) is 9.61. The molecule has 0 radical (unpaired) electrons. The highest BCUT2D eigenvalue weighted by Crippen LogP contribution is 2.27. The lowest BCUT2D eigenvalue weighted by Gasteiger charge is -2.20. The minimum atomic E-state index is -3.88. The van der Waals surface area contributed by atoms with E-state index in [1.165, 1.54) is 29.4 Å². The van der Waals surface area contributed by atoms with Crippen molar-refractivity contribution in [3.8, 4) is 0 Å². The fourth-order valence-corrected chi connectivity index (χ4v) is 5.34. The Kier molecular flexibility index (Phi) is 7.73. The smallest absolute Gasteiger partial charge is 0.338 e. The van der Waals surface area contributed by atoms with Crippen LogP contribution in [-0.4, -0.2) is 43.8 Å². The molecule has 0 fully saturated rings. The van der Waals surface area contributed by atoms with Gasteiger partial charge in [-0.05, 0) is 36.6 Å². The topological polar surface area (TPSA) is 92.8 Å². The normalized spacial score (nSPS) is 12.5. The third-order valence-electron chi connectivity index (χ3n) is 5.19. The summed E-state index contributed by atoms with van der Waals surface area (Å²) >= 11 is 6.12. The van der Waals surface area contributed by atoms with Crippen LogP contribution in [0.15, 0.2) is 65.6 Å². The lowest BCUT2D eigenvalue weighted by Crippen LogP contribution is -2.31. The molecule has 7 nitrogen and oxygen atoms in total. The number of sulfonamides is 1. The van der Waals surface area contributed by atoms with Crippen molar-refractivity contribution in [1.82, 2.24) is 4.31 Å². The van der Waals surface area contributed by atoms with Gasteiger partial charge in [0.25, 0.3) is 5.91 Å². The summed E-state index contributed by atoms with van der Waals surface area (Å²) in [5.41, 5.74) is 0.579. The van der Waals surface area contributed by atoms with Crippen molar-refractivity contribution >= 4 is 50.0 Å². The lowest BCUT2D eigenvalue weighted by molar-refractivity contribution is -0.123. The number of hydrogen-bond acceptors (Lipinski definition) is 5. The Hall–Kier alpha value is -2.94. The number of hydrogen-bond donors (Lipinski definition) is 1. The van der Waals surface area contributed by atoms with Crippen LogP contribution >= 0.6 is 11.6 Å². The molecule has 9 heteroatoms. The van der Waals surface area contributed by atoms with E-state index in [1.807, 2.05) is 36.4 Å². The molecule has 3 aromatic carbocycles. The van der Waals surface area contributed by atoms with Crippen molar-refractivity contribution < 1.29 is 22.7 Å². The monoisotopic (exact) mass is 488 g/mol. The molecule has 0 aliphatic carbocycles. The summed E-state index contributed by atoms with van der Waals surface area (Å²) in [6, 6.07) is 17.0. The van der Waals surface area contributed by atoms with E-state index in [-0.39, 0.29) is 28.6 Å². The van der Waals surface area contributed by atoms with Gasteiger partial charge in [0.05, 0.1) is 10.6 Å². The van der Waals surface area contributed by atoms with Gasteiger partial charge in [0, 0.05) is 24.2 Å². The summed E-state index contributed by atoms with van der Waals surface area (Å²) in [4.78, 5) is 25.1. The van der Waals surface area contributed by atoms with E-state index in [4.69, 9.17) is 16.3 Å². The molecule has 0 bridgehead atoms. The van der Waals surface area contributed by atoms with Gasteiger partial charge in [-0.25, -0.2) is 13.2 Å².